The number of aromatic amines is 1. The van der Waals surface area contributed by atoms with Crippen molar-refractivity contribution >= 4 is 15.7 Å². The van der Waals surface area contributed by atoms with Crippen LogP contribution in [0.2, 0.25) is 0 Å². The molecule has 0 saturated heterocycles. The molecular weight excluding hydrogens is 276 g/mol. The Morgan fingerprint density at radius 2 is 1.95 bits per heavy atom. The van der Waals surface area contributed by atoms with Crippen molar-refractivity contribution in [2.75, 3.05) is 4.72 Å². The Balaban J connectivity index is 2.24. The summed E-state index contributed by atoms with van der Waals surface area (Å²) >= 11 is 0. The quantitative estimate of drug-likeness (QED) is 0.782. The van der Waals surface area contributed by atoms with Crippen LogP contribution in [0.3, 0.4) is 0 Å². The number of aromatic nitrogens is 2. The molecule has 20 heavy (non-hydrogen) atoms. The van der Waals surface area contributed by atoms with Crippen molar-refractivity contribution in [3.63, 3.8) is 0 Å². The molecule has 0 aliphatic heterocycles. The number of nitrogens with zero attached hydrogens (tertiary/aromatic N) is 1. The van der Waals surface area contributed by atoms with E-state index in [0.717, 1.165) is 5.56 Å². The number of sulfonamides is 1. The minimum Gasteiger partial charge on any atom is -0.326 e. The van der Waals surface area contributed by atoms with Crippen molar-refractivity contribution in [2.45, 2.75) is 31.3 Å². The van der Waals surface area contributed by atoms with E-state index in [1.54, 1.807) is 12.1 Å². The molecule has 0 bridgehead atoms. The van der Waals surface area contributed by atoms with Crippen LogP contribution in [0.25, 0.3) is 0 Å². The lowest BCUT2D eigenvalue weighted by molar-refractivity contribution is 0.596. The van der Waals surface area contributed by atoms with Gasteiger partial charge < -0.3 is 5.73 Å². The van der Waals surface area contributed by atoms with Crippen LogP contribution in [0.15, 0.2) is 35.5 Å². The first-order valence-corrected chi connectivity index (χ1v) is 7.77. The molecule has 1 aromatic carbocycles. The zero-order valence-corrected chi connectivity index (χ0v) is 12.2. The molecular formula is C13H18N4O2S. The number of H-pyrrole nitrogens is 1. The summed E-state index contributed by atoms with van der Waals surface area (Å²) in [6.45, 7) is 4.27. The van der Waals surface area contributed by atoms with E-state index in [2.05, 4.69) is 28.8 Å². The summed E-state index contributed by atoms with van der Waals surface area (Å²) in [5.41, 5.74) is 7.60. The third kappa shape index (κ3) is 3.00. The van der Waals surface area contributed by atoms with Crippen molar-refractivity contribution in [3.8, 4) is 0 Å². The highest BCUT2D eigenvalue weighted by Crippen LogP contribution is 2.20. The average molecular weight is 294 g/mol. The van der Waals surface area contributed by atoms with E-state index in [-0.39, 0.29) is 11.6 Å². The maximum absolute atomic E-state index is 12.2. The van der Waals surface area contributed by atoms with E-state index in [9.17, 15) is 8.42 Å². The van der Waals surface area contributed by atoms with E-state index in [1.165, 1.54) is 6.20 Å². The van der Waals surface area contributed by atoms with Crippen LogP contribution in [0, 0.1) is 0 Å². The molecule has 1 aromatic heterocycles. The van der Waals surface area contributed by atoms with Crippen molar-refractivity contribution in [1.29, 1.82) is 0 Å². The van der Waals surface area contributed by atoms with E-state index in [0.29, 0.717) is 17.2 Å². The molecule has 0 atom stereocenters. The number of nitrogens with one attached hydrogen (secondary N) is 2. The molecule has 0 radical (unpaired) electrons. The van der Waals surface area contributed by atoms with Crippen molar-refractivity contribution < 1.29 is 8.42 Å². The molecule has 6 nitrogen and oxygen atoms in total. The molecule has 0 saturated carbocycles. The van der Waals surface area contributed by atoms with Gasteiger partial charge in [-0.2, -0.15) is 13.5 Å². The van der Waals surface area contributed by atoms with Gasteiger partial charge in [0, 0.05) is 17.8 Å². The van der Waals surface area contributed by atoms with Gasteiger partial charge in [0.15, 0.2) is 5.03 Å². The highest BCUT2D eigenvalue weighted by Gasteiger charge is 2.20. The molecule has 0 aliphatic carbocycles. The molecule has 2 aromatic rings. The van der Waals surface area contributed by atoms with Crippen LogP contribution in [-0.4, -0.2) is 18.6 Å². The molecule has 0 fully saturated rings. The smallest absolute Gasteiger partial charge is 0.279 e. The summed E-state index contributed by atoms with van der Waals surface area (Å²) in [7, 11) is -3.69. The van der Waals surface area contributed by atoms with Gasteiger partial charge in [-0.1, -0.05) is 26.0 Å². The molecule has 2 rings (SSSR count). The van der Waals surface area contributed by atoms with Crippen LogP contribution >= 0.6 is 0 Å². The van der Waals surface area contributed by atoms with Gasteiger partial charge in [-0.15, -0.1) is 0 Å². The minimum absolute atomic E-state index is 0.00735. The molecule has 0 amide bonds. The van der Waals surface area contributed by atoms with Crippen molar-refractivity contribution in [3.05, 3.63) is 41.6 Å². The Morgan fingerprint density at radius 1 is 1.30 bits per heavy atom. The number of nitrogens with two attached hydrogens (primary N) is 1. The predicted molar refractivity (Wildman–Crippen MR) is 77.8 cm³/mol. The van der Waals surface area contributed by atoms with Gasteiger partial charge in [-0.05, 0) is 23.6 Å². The fourth-order valence-corrected chi connectivity index (χ4v) is 3.02. The Morgan fingerprint density at radius 3 is 2.50 bits per heavy atom. The lowest BCUT2D eigenvalue weighted by Crippen LogP contribution is -2.16. The third-order valence-corrected chi connectivity index (χ3v) is 4.39. The van der Waals surface area contributed by atoms with Gasteiger partial charge in [-0.3, -0.25) is 9.82 Å². The Hall–Kier alpha value is -1.86. The fraction of sp³-hybridized carbons (Fsp3) is 0.308. The summed E-state index contributed by atoms with van der Waals surface area (Å²) in [5, 5.41) is 6.19. The van der Waals surface area contributed by atoms with Crippen molar-refractivity contribution in [2.24, 2.45) is 5.73 Å². The molecule has 4 N–H and O–H groups in total. The fourth-order valence-electron chi connectivity index (χ4n) is 1.82. The van der Waals surface area contributed by atoms with Gasteiger partial charge in [0.25, 0.3) is 10.0 Å². The number of rotatable bonds is 5. The zero-order chi connectivity index (χ0) is 14.8. The van der Waals surface area contributed by atoms with Gasteiger partial charge >= 0.3 is 0 Å². The Labute approximate surface area is 118 Å². The summed E-state index contributed by atoms with van der Waals surface area (Å²) in [6, 6.07) is 7.29. The van der Waals surface area contributed by atoms with Crippen LogP contribution < -0.4 is 10.5 Å². The number of hydrogen-bond acceptors (Lipinski definition) is 4. The Bertz CT molecular complexity index is 675. The molecule has 1 heterocycles. The van der Waals surface area contributed by atoms with Crippen LogP contribution in [0.5, 0.6) is 0 Å². The summed E-state index contributed by atoms with van der Waals surface area (Å²) in [6.07, 6.45) is 1.41. The lowest BCUT2D eigenvalue weighted by Gasteiger charge is -2.10. The second kappa shape index (κ2) is 5.64. The number of hydrogen-bond donors (Lipinski definition) is 3. The SMILES string of the molecule is CC(C)c1ccc(NS(=O)(=O)c2[nH]ncc2CN)cc1. The van der Waals surface area contributed by atoms with Crippen LogP contribution in [0.4, 0.5) is 5.69 Å². The first kappa shape index (κ1) is 14.5. The number of anilines is 1. The molecule has 7 heteroatoms. The third-order valence-electron chi connectivity index (χ3n) is 3.00. The molecule has 0 spiro atoms. The zero-order valence-electron chi connectivity index (χ0n) is 11.4. The largest absolute Gasteiger partial charge is 0.326 e. The maximum atomic E-state index is 12.2. The minimum atomic E-state index is -3.69. The summed E-state index contributed by atoms with van der Waals surface area (Å²) < 4.78 is 27.0. The molecule has 108 valence electrons. The van der Waals surface area contributed by atoms with Gasteiger partial charge in [-0.25, -0.2) is 0 Å². The molecule has 0 unspecified atom stereocenters. The van der Waals surface area contributed by atoms with E-state index in [4.69, 9.17) is 5.73 Å². The first-order valence-electron chi connectivity index (χ1n) is 6.29. The summed E-state index contributed by atoms with van der Waals surface area (Å²) in [4.78, 5) is 0. The second-order valence-electron chi connectivity index (χ2n) is 4.81. The maximum Gasteiger partial charge on any atom is 0.279 e. The van der Waals surface area contributed by atoms with E-state index >= 15 is 0 Å². The highest BCUT2D eigenvalue weighted by atomic mass is 32.2. The molecule has 0 aliphatic rings. The standard InChI is InChI=1S/C13H18N4O2S/c1-9(2)10-3-5-12(6-4-10)17-20(18,19)13-11(7-14)8-15-16-13/h3-6,8-9,17H,7,14H2,1-2H3,(H,15,16). The number of benzene rings is 1. The van der Waals surface area contributed by atoms with E-state index in [1.807, 2.05) is 12.1 Å². The van der Waals surface area contributed by atoms with Crippen LogP contribution in [0.1, 0.15) is 30.9 Å². The van der Waals surface area contributed by atoms with Gasteiger partial charge in [0.2, 0.25) is 0 Å². The van der Waals surface area contributed by atoms with Crippen molar-refractivity contribution in [1.82, 2.24) is 10.2 Å². The normalized spacial score (nSPS) is 11.8. The predicted octanol–water partition coefficient (Wildman–Crippen LogP) is 1.79. The van der Waals surface area contributed by atoms with E-state index < -0.39 is 10.0 Å². The van der Waals surface area contributed by atoms with Crippen LogP contribution in [-0.2, 0) is 16.6 Å². The van der Waals surface area contributed by atoms with Gasteiger partial charge in [0.1, 0.15) is 0 Å². The lowest BCUT2D eigenvalue weighted by atomic mass is 10.0. The first-order chi connectivity index (χ1) is 9.44. The Kier molecular flexibility index (Phi) is 4.10. The summed E-state index contributed by atoms with van der Waals surface area (Å²) in [5.74, 6) is 0.400. The van der Waals surface area contributed by atoms with Gasteiger partial charge in [0.05, 0.1) is 6.20 Å². The monoisotopic (exact) mass is 294 g/mol. The topological polar surface area (TPSA) is 101 Å². The average Bonchev–Trinajstić information content (AvgIpc) is 2.88. The highest BCUT2D eigenvalue weighted by molar-refractivity contribution is 7.92. The second-order valence-corrected chi connectivity index (χ2v) is 6.43.